The molecule has 0 radical (unpaired) electrons. The van der Waals surface area contributed by atoms with E-state index in [-0.39, 0.29) is 28.9 Å². The van der Waals surface area contributed by atoms with Crippen molar-refractivity contribution in [3.63, 3.8) is 0 Å². The van der Waals surface area contributed by atoms with Gasteiger partial charge in [0.05, 0.1) is 5.56 Å². The monoisotopic (exact) mass is 433 g/mol. The Kier molecular flexibility index (Phi) is 6.01. The molecule has 0 saturated carbocycles. The number of amides is 2. The molecule has 1 unspecified atom stereocenters. The van der Waals surface area contributed by atoms with Gasteiger partial charge in [0.1, 0.15) is 17.7 Å². The molecule has 30 heavy (non-hydrogen) atoms. The quantitative estimate of drug-likeness (QED) is 0.746. The first-order valence-corrected chi connectivity index (χ1v) is 10.3. The highest BCUT2D eigenvalue weighted by molar-refractivity contribution is 6.31. The van der Waals surface area contributed by atoms with Crippen LogP contribution in [0.25, 0.3) is 0 Å². The Balaban J connectivity index is 1.51. The van der Waals surface area contributed by atoms with Crippen molar-refractivity contribution in [1.82, 2.24) is 14.7 Å². The molecule has 2 aliphatic heterocycles. The van der Waals surface area contributed by atoms with Crippen molar-refractivity contribution in [2.75, 3.05) is 32.7 Å². The van der Waals surface area contributed by atoms with Gasteiger partial charge in [0, 0.05) is 44.3 Å². The topological polar surface area (TPSA) is 43.9 Å². The lowest BCUT2D eigenvalue weighted by molar-refractivity contribution is -0.142. The number of carbonyl (C=O) groups excluding carboxylic acids is 2. The first-order valence-electron chi connectivity index (χ1n) is 9.94. The molecule has 0 spiro atoms. The first-order chi connectivity index (χ1) is 14.4. The van der Waals surface area contributed by atoms with E-state index in [1.807, 2.05) is 0 Å². The van der Waals surface area contributed by atoms with E-state index in [1.165, 1.54) is 30.3 Å². The summed E-state index contributed by atoms with van der Waals surface area (Å²) < 4.78 is 27.4. The van der Waals surface area contributed by atoms with Crippen LogP contribution in [0.2, 0.25) is 5.02 Å². The third kappa shape index (κ3) is 4.32. The second kappa shape index (κ2) is 8.70. The molecule has 2 amide bonds. The highest BCUT2D eigenvalue weighted by Gasteiger charge is 2.38. The third-order valence-corrected chi connectivity index (χ3v) is 5.93. The van der Waals surface area contributed by atoms with E-state index in [2.05, 4.69) is 4.90 Å². The van der Waals surface area contributed by atoms with Crippen LogP contribution in [0.4, 0.5) is 8.78 Å². The van der Waals surface area contributed by atoms with Gasteiger partial charge >= 0.3 is 0 Å². The average Bonchev–Trinajstić information content (AvgIpc) is 2.96. The zero-order valence-corrected chi connectivity index (χ0v) is 17.1. The zero-order chi connectivity index (χ0) is 21.3. The van der Waals surface area contributed by atoms with Gasteiger partial charge in [-0.2, -0.15) is 0 Å². The van der Waals surface area contributed by atoms with Gasteiger partial charge in [0.25, 0.3) is 5.91 Å². The second-order valence-corrected chi connectivity index (χ2v) is 8.10. The van der Waals surface area contributed by atoms with Crippen molar-refractivity contribution in [3.05, 3.63) is 70.2 Å². The van der Waals surface area contributed by atoms with Crippen molar-refractivity contribution < 1.29 is 18.4 Å². The van der Waals surface area contributed by atoms with Crippen LogP contribution in [0.5, 0.6) is 0 Å². The number of rotatable bonds is 3. The number of piperazine rings is 1. The van der Waals surface area contributed by atoms with E-state index in [1.54, 1.807) is 21.9 Å². The molecule has 0 aliphatic carbocycles. The summed E-state index contributed by atoms with van der Waals surface area (Å²) >= 11 is 5.94. The second-order valence-electron chi connectivity index (χ2n) is 7.67. The maximum atomic E-state index is 14.2. The van der Waals surface area contributed by atoms with E-state index in [4.69, 9.17) is 11.6 Å². The Labute approximate surface area is 178 Å². The van der Waals surface area contributed by atoms with Crippen LogP contribution < -0.4 is 0 Å². The lowest BCUT2D eigenvalue weighted by atomic mass is 10.1. The minimum Gasteiger partial charge on any atom is -0.336 e. The van der Waals surface area contributed by atoms with Gasteiger partial charge in [-0.1, -0.05) is 23.7 Å². The zero-order valence-electron chi connectivity index (χ0n) is 16.4. The fourth-order valence-electron chi connectivity index (χ4n) is 4.09. The van der Waals surface area contributed by atoms with E-state index in [0.29, 0.717) is 39.1 Å². The number of hydrogen-bond acceptors (Lipinski definition) is 3. The Morgan fingerprint density at radius 1 is 1.03 bits per heavy atom. The fraction of sp³-hybridized carbons (Fsp3) is 0.364. The summed E-state index contributed by atoms with van der Waals surface area (Å²) in [6.45, 7) is 3.00. The van der Waals surface area contributed by atoms with Crippen LogP contribution in [0.3, 0.4) is 0 Å². The largest absolute Gasteiger partial charge is 0.336 e. The standard InChI is InChI=1S/C22H22ClF2N3O2/c23-16-4-7-19(25)18(12-16)21(29)27-9-1-8-26-10-11-28(22(30)20(26)14-27)13-15-2-5-17(24)6-3-15/h2-7,12,20H,1,8-11,13-14H2. The van der Waals surface area contributed by atoms with Gasteiger partial charge in [-0.25, -0.2) is 8.78 Å². The normalized spacial score (nSPS) is 20.1. The molecule has 5 nitrogen and oxygen atoms in total. The molecule has 2 heterocycles. The van der Waals surface area contributed by atoms with Crippen LogP contribution in [0.15, 0.2) is 42.5 Å². The molecule has 0 aromatic heterocycles. The Morgan fingerprint density at radius 2 is 1.80 bits per heavy atom. The van der Waals surface area contributed by atoms with Crippen molar-refractivity contribution in [1.29, 1.82) is 0 Å². The van der Waals surface area contributed by atoms with Gasteiger partial charge in [-0.05, 0) is 42.3 Å². The van der Waals surface area contributed by atoms with E-state index in [0.717, 1.165) is 5.56 Å². The molecule has 0 bridgehead atoms. The van der Waals surface area contributed by atoms with Crippen molar-refractivity contribution in [2.24, 2.45) is 0 Å². The fourth-order valence-corrected chi connectivity index (χ4v) is 4.26. The average molecular weight is 434 g/mol. The van der Waals surface area contributed by atoms with Gasteiger partial charge in [-0.15, -0.1) is 0 Å². The van der Waals surface area contributed by atoms with Crippen LogP contribution in [0, 0.1) is 11.6 Å². The molecule has 158 valence electrons. The smallest absolute Gasteiger partial charge is 0.256 e. The molecular formula is C22H22ClF2N3O2. The van der Waals surface area contributed by atoms with Crippen LogP contribution in [-0.2, 0) is 11.3 Å². The number of fused-ring (bicyclic) bond motifs is 1. The van der Waals surface area contributed by atoms with Gasteiger partial charge in [0.2, 0.25) is 5.91 Å². The molecule has 2 saturated heterocycles. The number of benzene rings is 2. The highest BCUT2D eigenvalue weighted by Crippen LogP contribution is 2.22. The number of hydrogen-bond donors (Lipinski definition) is 0. The Morgan fingerprint density at radius 3 is 2.57 bits per heavy atom. The lowest BCUT2D eigenvalue weighted by Gasteiger charge is -2.40. The number of nitrogens with zero attached hydrogens (tertiary/aromatic N) is 3. The number of carbonyl (C=O) groups is 2. The molecule has 0 N–H and O–H groups in total. The van der Waals surface area contributed by atoms with E-state index < -0.39 is 17.8 Å². The minimum atomic E-state index is -0.626. The summed E-state index contributed by atoms with van der Waals surface area (Å²) in [5, 5.41) is 0.287. The van der Waals surface area contributed by atoms with Crippen LogP contribution >= 0.6 is 11.6 Å². The molecule has 4 rings (SSSR count). The molecule has 8 heteroatoms. The van der Waals surface area contributed by atoms with Crippen molar-refractivity contribution >= 4 is 23.4 Å². The van der Waals surface area contributed by atoms with Crippen LogP contribution in [0.1, 0.15) is 22.3 Å². The third-order valence-electron chi connectivity index (χ3n) is 5.69. The maximum absolute atomic E-state index is 14.2. The predicted molar refractivity (Wildman–Crippen MR) is 109 cm³/mol. The molecule has 2 fully saturated rings. The molecular weight excluding hydrogens is 412 g/mol. The van der Waals surface area contributed by atoms with Crippen molar-refractivity contribution in [2.45, 2.75) is 19.0 Å². The summed E-state index contributed by atoms with van der Waals surface area (Å²) in [6, 6.07) is 9.51. The minimum absolute atomic E-state index is 0.0724. The summed E-state index contributed by atoms with van der Waals surface area (Å²) in [5.41, 5.74) is 0.767. The van der Waals surface area contributed by atoms with Crippen LogP contribution in [-0.4, -0.2) is 65.3 Å². The van der Waals surface area contributed by atoms with Gasteiger partial charge < -0.3 is 9.80 Å². The number of halogens is 3. The van der Waals surface area contributed by atoms with Gasteiger partial charge in [-0.3, -0.25) is 14.5 Å². The Hall–Kier alpha value is -2.51. The predicted octanol–water partition coefficient (Wildman–Crippen LogP) is 3.18. The lowest BCUT2D eigenvalue weighted by Crippen LogP contribution is -2.59. The molecule has 2 aromatic rings. The highest BCUT2D eigenvalue weighted by atomic mass is 35.5. The maximum Gasteiger partial charge on any atom is 0.256 e. The first kappa shape index (κ1) is 20.8. The molecule has 2 aliphatic rings. The molecule has 2 aromatic carbocycles. The summed E-state index contributed by atoms with van der Waals surface area (Å²) in [5.74, 6) is -1.48. The summed E-state index contributed by atoms with van der Waals surface area (Å²) in [4.78, 5) is 31.5. The van der Waals surface area contributed by atoms with Crippen molar-refractivity contribution in [3.8, 4) is 0 Å². The summed E-state index contributed by atoms with van der Waals surface area (Å²) in [6.07, 6.45) is 0.704. The molecule has 1 atom stereocenters. The van der Waals surface area contributed by atoms with Gasteiger partial charge in [0.15, 0.2) is 0 Å². The Bertz CT molecular complexity index is 954. The van der Waals surface area contributed by atoms with E-state index >= 15 is 0 Å². The van der Waals surface area contributed by atoms with E-state index in [9.17, 15) is 18.4 Å². The SMILES string of the molecule is O=C(c1cc(Cl)ccc1F)N1CCCN2CCN(Cc3ccc(F)cc3)C(=O)C2C1. The summed E-state index contributed by atoms with van der Waals surface area (Å²) in [7, 11) is 0.